The van der Waals surface area contributed by atoms with E-state index in [1.54, 1.807) is 0 Å². The van der Waals surface area contributed by atoms with E-state index < -0.39 is 0 Å². The van der Waals surface area contributed by atoms with Crippen molar-refractivity contribution in [3.63, 3.8) is 0 Å². The fourth-order valence-electron chi connectivity index (χ4n) is 11.1. The van der Waals surface area contributed by atoms with Gasteiger partial charge in [-0.05, 0) is 132 Å². The van der Waals surface area contributed by atoms with E-state index in [4.69, 9.17) is 0 Å². The minimum atomic E-state index is -0.390. The second-order valence-electron chi connectivity index (χ2n) is 17.3. The lowest BCUT2D eigenvalue weighted by atomic mass is 9.70. The van der Waals surface area contributed by atoms with E-state index in [0.717, 1.165) is 11.4 Å². The number of benzene rings is 9. The number of nitrogens with zero attached hydrogens (tertiary/aromatic N) is 1. The quantitative estimate of drug-likeness (QED) is 0.169. The van der Waals surface area contributed by atoms with E-state index in [2.05, 4.69) is 232 Å². The van der Waals surface area contributed by atoms with Crippen LogP contribution in [0.15, 0.2) is 206 Å². The molecule has 0 saturated carbocycles. The summed E-state index contributed by atoms with van der Waals surface area (Å²) in [7, 11) is 0. The molecule has 1 nitrogen and oxygen atoms in total. The molecular formula is C59H43N. The standard InChI is InChI=1S/C59H43N/c1-38-34-42(41-30-33-48-47-20-9-14-25-53(47)59(55(48)37-41)51-23-12-7-18-45(51)46-19-8-13-24-52(46)59)36-44(35-38)60(43-31-28-40(29-32-43)39-16-5-4-6-17-39)56-27-15-26-54-57(56)49-21-10-11-22-50(49)58(54,2)3/h4-37H,1-3H3. The van der Waals surface area contributed by atoms with Gasteiger partial charge in [0.1, 0.15) is 0 Å². The molecule has 0 saturated heterocycles. The Morgan fingerprint density at radius 3 is 1.50 bits per heavy atom. The molecular weight excluding hydrogens is 723 g/mol. The molecule has 0 radical (unpaired) electrons. The van der Waals surface area contributed by atoms with Crippen LogP contribution in [-0.2, 0) is 10.8 Å². The zero-order chi connectivity index (χ0) is 40.2. The second-order valence-corrected chi connectivity index (χ2v) is 17.3. The maximum absolute atomic E-state index is 2.50. The minimum Gasteiger partial charge on any atom is -0.310 e. The Morgan fingerprint density at radius 1 is 0.333 bits per heavy atom. The van der Waals surface area contributed by atoms with Crippen molar-refractivity contribution in [2.75, 3.05) is 4.90 Å². The highest BCUT2D eigenvalue weighted by Crippen LogP contribution is 2.63. The monoisotopic (exact) mass is 765 g/mol. The van der Waals surface area contributed by atoms with Crippen LogP contribution < -0.4 is 4.90 Å². The number of fused-ring (bicyclic) bond motifs is 13. The Balaban J connectivity index is 1.07. The van der Waals surface area contributed by atoms with Crippen LogP contribution in [0.3, 0.4) is 0 Å². The third-order valence-corrected chi connectivity index (χ3v) is 13.7. The van der Waals surface area contributed by atoms with Crippen LogP contribution in [0, 0.1) is 6.92 Å². The Bertz CT molecular complexity index is 3120. The van der Waals surface area contributed by atoms with Gasteiger partial charge in [-0.1, -0.05) is 184 Å². The highest BCUT2D eigenvalue weighted by atomic mass is 15.1. The molecule has 0 bridgehead atoms. The van der Waals surface area contributed by atoms with Gasteiger partial charge in [-0.2, -0.15) is 0 Å². The largest absolute Gasteiger partial charge is 0.310 e. The third-order valence-electron chi connectivity index (χ3n) is 13.7. The summed E-state index contributed by atoms with van der Waals surface area (Å²) in [5, 5.41) is 0. The van der Waals surface area contributed by atoms with Crippen LogP contribution >= 0.6 is 0 Å². The Morgan fingerprint density at radius 2 is 0.850 bits per heavy atom. The fraction of sp³-hybridized carbons (Fsp3) is 0.0847. The van der Waals surface area contributed by atoms with Gasteiger partial charge in [0.2, 0.25) is 0 Å². The molecule has 1 spiro atoms. The lowest BCUT2D eigenvalue weighted by molar-refractivity contribution is 0.660. The van der Waals surface area contributed by atoms with Gasteiger partial charge in [0, 0.05) is 22.4 Å². The topological polar surface area (TPSA) is 3.24 Å². The maximum atomic E-state index is 2.50. The van der Waals surface area contributed by atoms with E-state index in [9.17, 15) is 0 Å². The van der Waals surface area contributed by atoms with Crippen molar-refractivity contribution in [1.82, 2.24) is 0 Å². The van der Waals surface area contributed by atoms with Gasteiger partial charge in [-0.25, -0.2) is 0 Å². The molecule has 1 heteroatoms. The maximum Gasteiger partial charge on any atom is 0.0725 e. The lowest BCUT2D eigenvalue weighted by Crippen LogP contribution is -2.25. The van der Waals surface area contributed by atoms with Crippen molar-refractivity contribution in [2.24, 2.45) is 0 Å². The number of hydrogen-bond acceptors (Lipinski definition) is 1. The van der Waals surface area contributed by atoms with Crippen molar-refractivity contribution >= 4 is 17.1 Å². The van der Waals surface area contributed by atoms with E-state index in [1.165, 1.54) is 100 Å². The molecule has 60 heavy (non-hydrogen) atoms. The van der Waals surface area contributed by atoms with Gasteiger partial charge in [0.15, 0.2) is 0 Å². The number of rotatable bonds is 5. The van der Waals surface area contributed by atoms with Crippen LogP contribution in [0.4, 0.5) is 17.1 Å². The summed E-state index contributed by atoms with van der Waals surface area (Å²) < 4.78 is 0. The zero-order valence-corrected chi connectivity index (χ0v) is 34.1. The molecule has 0 atom stereocenters. The van der Waals surface area contributed by atoms with Crippen LogP contribution in [0.5, 0.6) is 0 Å². The van der Waals surface area contributed by atoms with Gasteiger partial charge in [0.25, 0.3) is 0 Å². The van der Waals surface area contributed by atoms with Crippen molar-refractivity contribution in [3.8, 4) is 55.6 Å². The summed E-state index contributed by atoms with van der Waals surface area (Å²) in [6.07, 6.45) is 0. The first-order chi connectivity index (χ1) is 29.4. The Kier molecular flexibility index (Phi) is 7.47. The summed E-state index contributed by atoms with van der Waals surface area (Å²) in [5.74, 6) is 0. The van der Waals surface area contributed by atoms with Gasteiger partial charge < -0.3 is 4.90 Å². The number of anilines is 3. The fourth-order valence-corrected chi connectivity index (χ4v) is 11.1. The van der Waals surface area contributed by atoms with E-state index in [-0.39, 0.29) is 10.8 Å². The normalized spacial score (nSPS) is 14.2. The molecule has 0 amide bonds. The van der Waals surface area contributed by atoms with Crippen molar-refractivity contribution in [1.29, 1.82) is 0 Å². The Labute approximate surface area is 352 Å². The first-order valence-electron chi connectivity index (χ1n) is 21.2. The summed E-state index contributed by atoms with van der Waals surface area (Å²) in [6.45, 7) is 6.97. The number of hydrogen-bond donors (Lipinski definition) is 0. The molecule has 0 aromatic heterocycles. The zero-order valence-electron chi connectivity index (χ0n) is 34.1. The molecule has 0 aliphatic heterocycles. The average Bonchev–Trinajstić information content (AvgIpc) is 3.85. The van der Waals surface area contributed by atoms with E-state index in [1.807, 2.05) is 0 Å². The summed E-state index contributed by atoms with van der Waals surface area (Å²) in [5.41, 5.74) is 25.1. The molecule has 12 rings (SSSR count). The van der Waals surface area contributed by atoms with Crippen molar-refractivity contribution < 1.29 is 0 Å². The van der Waals surface area contributed by atoms with E-state index in [0.29, 0.717) is 0 Å². The van der Waals surface area contributed by atoms with Crippen molar-refractivity contribution in [2.45, 2.75) is 31.6 Å². The van der Waals surface area contributed by atoms with Gasteiger partial charge >= 0.3 is 0 Å². The third kappa shape index (κ3) is 4.81. The minimum absolute atomic E-state index is 0.113. The molecule has 3 aliphatic rings. The summed E-state index contributed by atoms with van der Waals surface area (Å²) >= 11 is 0. The van der Waals surface area contributed by atoms with Crippen LogP contribution in [0.2, 0.25) is 0 Å². The predicted molar refractivity (Wildman–Crippen MR) is 251 cm³/mol. The lowest BCUT2D eigenvalue weighted by Gasteiger charge is -2.31. The van der Waals surface area contributed by atoms with Gasteiger partial charge in [-0.15, -0.1) is 0 Å². The molecule has 0 unspecified atom stereocenters. The molecule has 0 fully saturated rings. The molecule has 0 N–H and O–H groups in total. The van der Waals surface area contributed by atoms with Crippen LogP contribution in [-0.4, -0.2) is 0 Å². The highest BCUT2D eigenvalue weighted by Gasteiger charge is 2.51. The molecule has 9 aromatic rings. The molecule has 3 aliphatic carbocycles. The first-order valence-corrected chi connectivity index (χ1v) is 21.2. The second kappa shape index (κ2) is 12.9. The smallest absolute Gasteiger partial charge is 0.0725 e. The molecule has 284 valence electrons. The molecule has 0 heterocycles. The average molecular weight is 766 g/mol. The van der Waals surface area contributed by atoms with E-state index >= 15 is 0 Å². The Hall–Kier alpha value is -7.22. The highest BCUT2D eigenvalue weighted by molar-refractivity contribution is 5.98. The summed E-state index contributed by atoms with van der Waals surface area (Å²) in [6, 6.07) is 77.2. The van der Waals surface area contributed by atoms with Crippen molar-refractivity contribution in [3.05, 3.63) is 245 Å². The van der Waals surface area contributed by atoms with Crippen LogP contribution in [0.25, 0.3) is 55.6 Å². The number of aryl methyl sites for hydroxylation is 1. The predicted octanol–water partition coefficient (Wildman–Crippen LogP) is 15.4. The first kappa shape index (κ1) is 34.8. The summed E-state index contributed by atoms with van der Waals surface area (Å²) in [4.78, 5) is 2.50. The van der Waals surface area contributed by atoms with Gasteiger partial charge in [-0.3, -0.25) is 0 Å². The van der Waals surface area contributed by atoms with Gasteiger partial charge in [0.05, 0.1) is 11.1 Å². The molecule has 9 aromatic carbocycles. The van der Waals surface area contributed by atoms with Crippen LogP contribution in [0.1, 0.15) is 52.8 Å². The SMILES string of the molecule is Cc1cc(-c2ccc3c(c2)C2(c4ccccc4-c4ccccc42)c2ccccc2-3)cc(N(c2ccc(-c3ccccc3)cc2)c2cccc3c2-c2ccccc2C3(C)C)c1.